The monoisotopic (exact) mass is 343 g/mol. The number of carbonyl (C=O) groups excluding carboxylic acids is 1. The summed E-state index contributed by atoms with van der Waals surface area (Å²) in [6.07, 6.45) is 0. The van der Waals surface area contributed by atoms with Crippen LogP contribution < -0.4 is 4.74 Å². The molecule has 0 spiro atoms. The van der Waals surface area contributed by atoms with Crippen molar-refractivity contribution >= 4 is 22.6 Å². The zero-order valence-electron chi connectivity index (χ0n) is 14.3. The number of carboxylic acids is 1. The van der Waals surface area contributed by atoms with Crippen molar-refractivity contribution in [2.45, 2.75) is 18.9 Å². The maximum Gasteiger partial charge on any atom is 0.328 e. The zero-order valence-corrected chi connectivity index (χ0v) is 14.3. The molecular formula is C19H21NO5. The second-order valence-corrected chi connectivity index (χ2v) is 6.15. The highest BCUT2D eigenvalue weighted by Gasteiger charge is 2.35. The molecule has 1 heterocycles. The maximum atomic E-state index is 12.8. The lowest BCUT2D eigenvalue weighted by Gasteiger charge is -2.34. The van der Waals surface area contributed by atoms with Gasteiger partial charge in [-0.25, -0.2) is 4.79 Å². The van der Waals surface area contributed by atoms with E-state index in [2.05, 4.69) is 0 Å². The third-order valence-corrected chi connectivity index (χ3v) is 4.64. The van der Waals surface area contributed by atoms with Crippen LogP contribution in [0.25, 0.3) is 10.8 Å². The molecule has 0 bridgehead atoms. The van der Waals surface area contributed by atoms with E-state index in [9.17, 15) is 14.7 Å². The molecule has 2 aromatic carbocycles. The van der Waals surface area contributed by atoms with E-state index in [0.717, 1.165) is 22.1 Å². The van der Waals surface area contributed by atoms with Crippen LogP contribution in [0.15, 0.2) is 36.4 Å². The molecule has 0 saturated carbocycles. The second-order valence-electron chi connectivity index (χ2n) is 6.15. The lowest BCUT2D eigenvalue weighted by atomic mass is 9.95. The molecule has 1 N–H and O–H groups in total. The number of ether oxygens (including phenoxy) is 2. The fourth-order valence-corrected chi connectivity index (χ4v) is 3.10. The largest absolute Gasteiger partial charge is 0.497 e. The molecule has 132 valence electrons. The Morgan fingerprint density at radius 1 is 1.24 bits per heavy atom. The number of nitrogens with zero attached hydrogens (tertiary/aromatic N) is 1. The summed E-state index contributed by atoms with van der Waals surface area (Å²) >= 11 is 0. The molecular weight excluding hydrogens is 322 g/mol. The second kappa shape index (κ2) is 7.11. The fraction of sp³-hybridized carbons (Fsp3) is 0.368. The van der Waals surface area contributed by atoms with Gasteiger partial charge in [0.15, 0.2) is 6.04 Å². The van der Waals surface area contributed by atoms with E-state index in [4.69, 9.17) is 9.47 Å². The van der Waals surface area contributed by atoms with Crippen LogP contribution in [0, 0.1) is 0 Å². The van der Waals surface area contributed by atoms with Gasteiger partial charge in [-0.15, -0.1) is 0 Å². The lowest BCUT2D eigenvalue weighted by Crippen LogP contribution is -2.53. The van der Waals surface area contributed by atoms with Gasteiger partial charge in [-0.05, 0) is 35.4 Å². The smallest absolute Gasteiger partial charge is 0.328 e. The number of hydrogen-bond donors (Lipinski definition) is 1. The third kappa shape index (κ3) is 3.44. The van der Waals surface area contributed by atoms with Gasteiger partial charge in [-0.3, -0.25) is 4.79 Å². The molecule has 1 amide bonds. The van der Waals surface area contributed by atoms with E-state index < -0.39 is 17.9 Å². The number of methoxy groups -OCH3 is 1. The highest BCUT2D eigenvalue weighted by Crippen LogP contribution is 2.27. The van der Waals surface area contributed by atoms with Crippen LogP contribution in [0.1, 0.15) is 18.4 Å². The van der Waals surface area contributed by atoms with Gasteiger partial charge >= 0.3 is 5.97 Å². The molecule has 6 nitrogen and oxygen atoms in total. The number of hydrogen-bond acceptors (Lipinski definition) is 4. The number of rotatable bonds is 4. The molecule has 1 saturated heterocycles. The highest BCUT2D eigenvalue weighted by atomic mass is 16.5. The summed E-state index contributed by atoms with van der Waals surface area (Å²) in [5.74, 6) is -0.872. The van der Waals surface area contributed by atoms with Crippen molar-refractivity contribution in [2.75, 3.05) is 26.9 Å². The minimum atomic E-state index is -1.04. The van der Waals surface area contributed by atoms with Gasteiger partial charge in [-0.2, -0.15) is 0 Å². The van der Waals surface area contributed by atoms with Crippen molar-refractivity contribution in [3.05, 3.63) is 42.0 Å². The molecule has 0 radical (unpaired) electrons. The van der Waals surface area contributed by atoms with Crippen molar-refractivity contribution in [2.24, 2.45) is 0 Å². The predicted molar refractivity (Wildman–Crippen MR) is 92.9 cm³/mol. The average molecular weight is 343 g/mol. The molecule has 0 aliphatic carbocycles. The van der Waals surface area contributed by atoms with Crippen LogP contribution in [0.5, 0.6) is 5.75 Å². The summed E-state index contributed by atoms with van der Waals surface area (Å²) in [5, 5.41) is 11.3. The van der Waals surface area contributed by atoms with E-state index in [1.807, 2.05) is 36.4 Å². The first-order valence-corrected chi connectivity index (χ1v) is 8.20. The number of fused-ring (bicyclic) bond motifs is 1. The van der Waals surface area contributed by atoms with E-state index in [-0.39, 0.29) is 12.5 Å². The van der Waals surface area contributed by atoms with Gasteiger partial charge in [0.2, 0.25) is 5.91 Å². The summed E-state index contributed by atoms with van der Waals surface area (Å²) in [6.45, 7) is 2.50. The van der Waals surface area contributed by atoms with Gasteiger partial charge in [0.1, 0.15) is 5.75 Å². The topological polar surface area (TPSA) is 76.1 Å². The molecule has 1 aliphatic rings. The van der Waals surface area contributed by atoms with E-state index in [1.165, 1.54) is 4.90 Å². The van der Waals surface area contributed by atoms with Crippen LogP contribution in [-0.2, 0) is 14.3 Å². The molecule has 0 aromatic heterocycles. The summed E-state index contributed by atoms with van der Waals surface area (Å²) < 4.78 is 10.4. The fourth-order valence-electron chi connectivity index (χ4n) is 3.10. The molecule has 25 heavy (non-hydrogen) atoms. The first-order valence-electron chi connectivity index (χ1n) is 8.20. The summed E-state index contributed by atoms with van der Waals surface area (Å²) in [5.41, 5.74) is 0.860. The van der Waals surface area contributed by atoms with Crippen LogP contribution in [0.3, 0.4) is 0 Å². The quantitative estimate of drug-likeness (QED) is 0.921. The van der Waals surface area contributed by atoms with E-state index >= 15 is 0 Å². The molecule has 2 atom stereocenters. The number of benzene rings is 2. The highest BCUT2D eigenvalue weighted by molar-refractivity contribution is 5.90. The van der Waals surface area contributed by atoms with Crippen LogP contribution in [-0.4, -0.2) is 54.8 Å². The van der Waals surface area contributed by atoms with Crippen molar-refractivity contribution in [1.82, 2.24) is 4.90 Å². The van der Waals surface area contributed by atoms with Gasteiger partial charge < -0.3 is 19.5 Å². The van der Waals surface area contributed by atoms with Crippen molar-refractivity contribution < 1.29 is 24.2 Å². The molecule has 1 unspecified atom stereocenters. The normalized spacial score (nSPS) is 18.8. The minimum absolute atomic E-state index is 0.0330. The Bertz CT molecular complexity index is 804. The van der Waals surface area contributed by atoms with Gasteiger partial charge in [0.25, 0.3) is 0 Å². The van der Waals surface area contributed by atoms with Crippen LogP contribution in [0.4, 0.5) is 0 Å². The summed E-state index contributed by atoms with van der Waals surface area (Å²) in [7, 11) is 1.62. The zero-order chi connectivity index (χ0) is 18.0. The first kappa shape index (κ1) is 17.2. The van der Waals surface area contributed by atoms with Crippen LogP contribution >= 0.6 is 0 Å². The molecule has 6 heteroatoms. The summed E-state index contributed by atoms with van der Waals surface area (Å²) in [6, 6.07) is 10.7. The number of amides is 1. The van der Waals surface area contributed by atoms with Crippen molar-refractivity contribution in [3.63, 3.8) is 0 Å². The molecule has 3 rings (SSSR count). The third-order valence-electron chi connectivity index (χ3n) is 4.64. The predicted octanol–water partition coefficient (Wildman–Crippen LogP) is 2.26. The minimum Gasteiger partial charge on any atom is -0.497 e. The average Bonchev–Trinajstić information content (AvgIpc) is 2.65. The van der Waals surface area contributed by atoms with Gasteiger partial charge in [-0.1, -0.05) is 24.3 Å². The number of morpholine rings is 1. The Morgan fingerprint density at radius 2 is 1.96 bits per heavy atom. The van der Waals surface area contributed by atoms with Crippen molar-refractivity contribution in [1.29, 1.82) is 0 Å². The lowest BCUT2D eigenvalue weighted by molar-refractivity contribution is -0.158. The first-order chi connectivity index (χ1) is 12.0. The van der Waals surface area contributed by atoms with Gasteiger partial charge in [0, 0.05) is 6.54 Å². The Labute approximate surface area is 145 Å². The number of aliphatic carboxylic acids is 1. The number of carbonyl (C=O) groups is 2. The van der Waals surface area contributed by atoms with Gasteiger partial charge in [0.05, 0.1) is 26.2 Å². The Balaban J connectivity index is 1.86. The Morgan fingerprint density at radius 3 is 2.68 bits per heavy atom. The summed E-state index contributed by atoms with van der Waals surface area (Å²) in [4.78, 5) is 25.6. The maximum absolute atomic E-state index is 12.8. The van der Waals surface area contributed by atoms with Crippen molar-refractivity contribution in [3.8, 4) is 5.75 Å². The standard InChI is InChI=1S/C19H21NO5/c1-12(18(21)20-7-8-25-11-17(20)19(22)23)13-3-4-15-10-16(24-2)6-5-14(15)9-13/h3-6,9-10,12,17H,7-8,11H2,1-2H3,(H,22,23)/t12-,17?/m0/s1. The van der Waals surface area contributed by atoms with Crippen LogP contribution in [0.2, 0.25) is 0 Å². The Kier molecular flexibility index (Phi) is 4.90. The molecule has 1 fully saturated rings. The molecule has 1 aliphatic heterocycles. The Hall–Kier alpha value is -2.60. The SMILES string of the molecule is COc1ccc2cc([C@H](C)C(=O)N3CCOCC3C(=O)O)ccc2c1. The van der Waals surface area contributed by atoms with E-state index in [1.54, 1.807) is 14.0 Å². The molecule has 2 aromatic rings. The number of carboxylic acid groups (broad SMARTS) is 1. The van der Waals surface area contributed by atoms with E-state index in [0.29, 0.717) is 13.2 Å².